The molecule has 0 aliphatic carbocycles. The quantitative estimate of drug-likeness (QED) is 0.711. The van der Waals surface area contributed by atoms with E-state index in [1.54, 1.807) is 12.1 Å². The van der Waals surface area contributed by atoms with Crippen LogP contribution < -0.4 is 5.32 Å². The summed E-state index contributed by atoms with van der Waals surface area (Å²) in [4.78, 5) is 16.0. The van der Waals surface area contributed by atoms with Crippen molar-refractivity contribution in [3.05, 3.63) is 57.5 Å². The fourth-order valence-corrected chi connectivity index (χ4v) is 2.33. The Kier molecular flexibility index (Phi) is 4.78. The number of carbonyl (C=O) groups excluding carboxylic acids is 1. The molecule has 2 heterocycles. The number of rotatable bonds is 5. The minimum atomic E-state index is -0.427. The molecule has 1 N–H and O–H groups in total. The molecule has 8 heteroatoms. The predicted octanol–water partition coefficient (Wildman–Crippen LogP) is 3.72. The summed E-state index contributed by atoms with van der Waals surface area (Å²) in [6, 6.07) is 10.8. The first-order chi connectivity index (χ1) is 11.1. The van der Waals surface area contributed by atoms with Gasteiger partial charge in [-0.1, -0.05) is 28.9 Å². The van der Waals surface area contributed by atoms with E-state index < -0.39 is 5.91 Å². The van der Waals surface area contributed by atoms with Gasteiger partial charge in [0.15, 0.2) is 10.4 Å². The van der Waals surface area contributed by atoms with Crippen LogP contribution in [0, 0.1) is 0 Å². The van der Waals surface area contributed by atoms with Gasteiger partial charge >= 0.3 is 11.8 Å². The van der Waals surface area contributed by atoms with E-state index in [0.717, 1.165) is 5.56 Å². The lowest BCUT2D eigenvalue weighted by Gasteiger charge is -2.02. The molecule has 0 aliphatic heterocycles. The smallest absolute Gasteiger partial charge is 0.316 e. The monoisotopic (exact) mass is 395 g/mol. The lowest BCUT2D eigenvalue weighted by atomic mass is 10.1. The number of nitrogens with zero attached hydrogens (tertiary/aromatic N) is 2. The third-order valence-corrected chi connectivity index (χ3v) is 3.70. The van der Waals surface area contributed by atoms with Gasteiger partial charge in [-0.05, 0) is 52.2 Å². The molecule has 1 amide bonds. The summed E-state index contributed by atoms with van der Waals surface area (Å²) in [5, 5.41) is 7.13. The van der Waals surface area contributed by atoms with Crippen molar-refractivity contribution in [1.29, 1.82) is 0 Å². The van der Waals surface area contributed by atoms with Crippen LogP contribution in [-0.2, 0) is 6.42 Å². The predicted molar refractivity (Wildman–Crippen MR) is 87.2 cm³/mol. The van der Waals surface area contributed by atoms with Crippen LogP contribution in [0.4, 0.5) is 0 Å². The Bertz CT molecular complexity index is 813. The Morgan fingerprint density at radius 2 is 2.00 bits per heavy atom. The fraction of sp³-hybridized carbons (Fsp3) is 0.133. The van der Waals surface area contributed by atoms with E-state index in [1.807, 2.05) is 24.3 Å². The van der Waals surface area contributed by atoms with Crippen LogP contribution >= 0.6 is 27.5 Å². The molecule has 0 aliphatic rings. The van der Waals surface area contributed by atoms with Crippen LogP contribution in [0.1, 0.15) is 16.2 Å². The molecule has 0 saturated heterocycles. The van der Waals surface area contributed by atoms with Crippen LogP contribution in [0.3, 0.4) is 0 Å². The molecule has 118 valence electrons. The molecule has 3 aromatic rings. The van der Waals surface area contributed by atoms with Crippen LogP contribution in [-0.4, -0.2) is 22.6 Å². The van der Waals surface area contributed by atoms with Crippen molar-refractivity contribution in [2.75, 3.05) is 6.54 Å². The lowest BCUT2D eigenvalue weighted by Crippen LogP contribution is -2.25. The summed E-state index contributed by atoms with van der Waals surface area (Å²) in [6.07, 6.45) is 0.676. The molecule has 0 bridgehead atoms. The molecule has 0 atom stereocenters. The van der Waals surface area contributed by atoms with Gasteiger partial charge in [-0.25, -0.2) is 0 Å². The average molecular weight is 397 g/mol. The van der Waals surface area contributed by atoms with Crippen molar-refractivity contribution in [3.8, 4) is 11.6 Å². The van der Waals surface area contributed by atoms with Gasteiger partial charge in [0.05, 0.1) is 0 Å². The standard InChI is InChI=1S/C15H11BrClN3O3/c16-12-6-5-11(22-12)13-19-15(23-20-13)14(21)18-8-7-9-1-3-10(17)4-2-9/h1-6H,7-8H2,(H,18,21). The second kappa shape index (κ2) is 6.97. The number of hydrogen-bond acceptors (Lipinski definition) is 5. The van der Waals surface area contributed by atoms with Crippen molar-refractivity contribution < 1.29 is 13.7 Å². The number of amides is 1. The van der Waals surface area contributed by atoms with Crippen LogP contribution in [0.5, 0.6) is 0 Å². The van der Waals surface area contributed by atoms with Crippen LogP contribution in [0.15, 0.2) is 50.0 Å². The topological polar surface area (TPSA) is 81.2 Å². The Morgan fingerprint density at radius 3 is 2.70 bits per heavy atom. The second-order valence-electron chi connectivity index (χ2n) is 4.66. The largest absolute Gasteiger partial charge is 0.446 e. The number of halogens is 2. The summed E-state index contributed by atoms with van der Waals surface area (Å²) < 4.78 is 10.8. The maximum atomic E-state index is 12.0. The van der Waals surface area contributed by atoms with E-state index in [-0.39, 0.29) is 11.7 Å². The molecule has 0 fully saturated rings. The molecule has 0 saturated carbocycles. The van der Waals surface area contributed by atoms with E-state index in [9.17, 15) is 4.79 Å². The maximum absolute atomic E-state index is 12.0. The molecule has 0 spiro atoms. The fourth-order valence-electron chi connectivity index (χ4n) is 1.90. The first kappa shape index (κ1) is 15.8. The molecule has 0 radical (unpaired) electrons. The molecule has 3 rings (SSSR count). The summed E-state index contributed by atoms with van der Waals surface area (Å²) in [6.45, 7) is 0.449. The van der Waals surface area contributed by atoms with Gasteiger partial charge in [0.2, 0.25) is 5.82 Å². The van der Waals surface area contributed by atoms with Crippen LogP contribution in [0.25, 0.3) is 11.6 Å². The molecule has 6 nitrogen and oxygen atoms in total. The Morgan fingerprint density at radius 1 is 1.22 bits per heavy atom. The van der Waals surface area contributed by atoms with Crippen molar-refractivity contribution in [2.24, 2.45) is 0 Å². The van der Waals surface area contributed by atoms with Gasteiger partial charge in [0.25, 0.3) is 0 Å². The second-order valence-corrected chi connectivity index (χ2v) is 5.88. The minimum absolute atomic E-state index is 0.108. The number of benzene rings is 1. The highest BCUT2D eigenvalue weighted by molar-refractivity contribution is 9.10. The van der Waals surface area contributed by atoms with E-state index in [1.165, 1.54) is 0 Å². The molecule has 1 aromatic carbocycles. The van der Waals surface area contributed by atoms with E-state index in [0.29, 0.717) is 28.4 Å². The first-order valence-electron chi connectivity index (χ1n) is 6.74. The minimum Gasteiger partial charge on any atom is -0.446 e. The summed E-state index contributed by atoms with van der Waals surface area (Å²) in [5.74, 6) is 0.103. The Balaban J connectivity index is 1.56. The highest BCUT2D eigenvalue weighted by atomic mass is 79.9. The van der Waals surface area contributed by atoms with Crippen LogP contribution in [0.2, 0.25) is 5.02 Å². The average Bonchev–Trinajstić information content (AvgIpc) is 3.18. The van der Waals surface area contributed by atoms with Crippen molar-refractivity contribution >= 4 is 33.4 Å². The maximum Gasteiger partial charge on any atom is 0.316 e. The van der Waals surface area contributed by atoms with Gasteiger partial charge in [0, 0.05) is 11.6 Å². The Hall–Kier alpha value is -2.12. The van der Waals surface area contributed by atoms with Crippen molar-refractivity contribution in [2.45, 2.75) is 6.42 Å². The normalized spacial score (nSPS) is 10.7. The third-order valence-electron chi connectivity index (χ3n) is 3.03. The van der Waals surface area contributed by atoms with E-state index >= 15 is 0 Å². The molecular weight excluding hydrogens is 386 g/mol. The summed E-state index contributed by atoms with van der Waals surface area (Å²) in [7, 11) is 0. The summed E-state index contributed by atoms with van der Waals surface area (Å²) >= 11 is 9.01. The zero-order valence-corrected chi connectivity index (χ0v) is 14.1. The number of hydrogen-bond donors (Lipinski definition) is 1. The molecular formula is C15H11BrClN3O3. The molecule has 2 aromatic heterocycles. The number of carbonyl (C=O) groups is 1. The SMILES string of the molecule is O=C(NCCc1ccc(Cl)cc1)c1nc(-c2ccc(Br)o2)no1. The van der Waals surface area contributed by atoms with Gasteiger partial charge in [-0.2, -0.15) is 4.98 Å². The van der Waals surface area contributed by atoms with E-state index in [4.69, 9.17) is 20.5 Å². The van der Waals surface area contributed by atoms with Gasteiger partial charge < -0.3 is 14.3 Å². The zero-order valence-electron chi connectivity index (χ0n) is 11.8. The molecule has 0 unspecified atom stereocenters. The van der Waals surface area contributed by atoms with Gasteiger partial charge in [-0.3, -0.25) is 4.79 Å². The van der Waals surface area contributed by atoms with Gasteiger partial charge in [0.1, 0.15) is 0 Å². The lowest BCUT2D eigenvalue weighted by molar-refractivity contribution is 0.0910. The van der Waals surface area contributed by atoms with Gasteiger partial charge in [-0.15, -0.1) is 0 Å². The first-order valence-corrected chi connectivity index (χ1v) is 7.91. The number of nitrogens with one attached hydrogen (secondary N) is 1. The highest BCUT2D eigenvalue weighted by Crippen LogP contribution is 2.22. The zero-order chi connectivity index (χ0) is 16.2. The van der Waals surface area contributed by atoms with E-state index in [2.05, 4.69) is 31.4 Å². The highest BCUT2D eigenvalue weighted by Gasteiger charge is 2.17. The van der Waals surface area contributed by atoms with Crippen molar-refractivity contribution in [1.82, 2.24) is 15.5 Å². The number of aromatic nitrogens is 2. The van der Waals surface area contributed by atoms with Crippen molar-refractivity contribution in [3.63, 3.8) is 0 Å². The summed E-state index contributed by atoms with van der Waals surface area (Å²) in [5.41, 5.74) is 1.07. The number of furan rings is 1. The Labute approximate surface area is 145 Å². The molecule has 23 heavy (non-hydrogen) atoms. The third kappa shape index (κ3) is 4.00.